The summed E-state index contributed by atoms with van der Waals surface area (Å²) in [6.07, 6.45) is 17.3. The van der Waals surface area contributed by atoms with E-state index in [1.54, 1.807) is 65.7 Å². The van der Waals surface area contributed by atoms with Crippen molar-refractivity contribution in [1.29, 1.82) is 0 Å². The van der Waals surface area contributed by atoms with Gasteiger partial charge in [-0.3, -0.25) is 0 Å². The molecule has 0 aliphatic carbocycles. The molecule has 21 heteroatoms. The highest BCUT2D eigenvalue weighted by Crippen LogP contribution is 2.44. The average molecular weight is 2240 g/mol. The van der Waals surface area contributed by atoms with Crippen LogP contribution in [-0.4, -0.2) is 257 Å². The molecule has 0 aliphatic heterocycles. The second kappa shape index (κ2) is 59.9. The van der Waals surface area contributed by atoms with Crippen molar-refractivity contribution >= 4 is 146 Å². The van der Waals surface area contributed by atoms with Crippen molar-refractivity contribution in [2.24, 2.45) is 0 Å². The third kappa shape index (κ3) is 45.9. The van der Waals surface area contributed by atoms with E-state index in [-0.39, 0.29) is 0 Å². The summed E-state index contributed by atoms with van der Waals surface area (Å²) >= 11 is 0. The van der Waals surface area contributed by atoms with Crippen LogP contribution >= 0.6 is 0 Å². The van der Waals surface area contributed by atoms with Crippen LogP contribution in [0.25, 0.3) is 0 Å². The Hall–Kier alpha value is -3.74. The Balaban J connectivity index is 1.27. The van der Waals surface area contributed by atoms with Crippen molar-refractivity contribution in [1.82, 2.24) is 39.2 Å². The van der Waals surface area contributed by atoms with Crippen LogP contribution in [0.3, 0.4) is 0 Å². The van der Waals surface area contributed by atoms with Gasteiger partial charge in [-0.2, -0.15) is 0 Å². The summed E-state index contributed by atoms with van der Waals surface area (Å²) in [4.78, 5) is 18.7. The zero-order valence-corrected chi connectivity index (χ0v) is 117. The fourth-order valence-corrected chi connectivity index (χ4v) is 70.2. The topological polar surface area (TPSA) is 25.9 Å². The molecule has 8 nitrogen and oxygen atoms in total. The Kier molecular flexibility index (Phi) is 52.5. The highest BCUT2D eigenvalue weighted by Gasteiger charge is 2.42. The van der Waals surface area contributed by atoms with Crippen LogP contribution in [0.4, 0.5) is 0 Å². The van der Waals surface area contributed by atoms with Crippen molar-refractivity contribution in [3.63, 3.8) is 0 Å². The summed E-state index contributed by atoms with van der Waals surface area (Å²) in [5, 5.41) is 13.3. The van der Waals surface area contributed by atoms with E-state index in [4.69, 9.17) is 0 Å². The Bertz CT molecular complexity index is 4180. The zero-order chi connectivity index (χ0) is 110. The van der Waals surface area contributed by atoms with Crippen LogP contribution in [0.2, 0.25) is 276 Å². The Morgan fingerprint density at radius 1 is 0.121 bits per heavy atom. The third-order valence-electron chi connectivity index (χ3n) is 36.5. The van der Waals surface area contributed by atoms with Crippen LogP contribution in [0.5, 0.6) is 0 Å². The van der Waals surface area contributed by atoms with Gasteiger partial charge >= 0.3 is 0 Å². The van der Waals surface area contributed by atoms with Crippen molar-refractivity contribution in [2.45, 2.75) is 405 Å². The van der Waals surface area contributed by atoms with Gasteiger partial charge in [-0.05, 0) is 157 Å². The number of hydrogen-bond donors (Lipinski definition) is 0. The monoisotopic (exact) mass is 2240 g/mol. The predicted octanol–water partition coefficient (Wildman–Crippen LogP) is 29.8. The maximum absolute atomic E-state index is 3.02. The van der Waals surface area contributed by atoms with Gasteiger partial charge in [0, 0.05) is 52.4 Å². The first-order valence-corrected chi connectivity index (χ1v) is 101. The first-order chi connectivity index (χ1) is 69.6. The zero-order valence-electron chi connectivity index (χ0n) is 104. The average Bonchev–Trinajstić information content (AvgIpc) is 0.919. The molecule has 0 spiro atoms. The molecule has 0 heterocycles. The van der Waals surface area contributed by atoms with Gasteiger partial charge in [0.1, 0.15) is 0 Å². The summed E-state index contributed by atoms with van der Waals surface area (Å²) in [5.41, 5.74) is 11.5. The van der Waals surface area contributed by atoms with E-state index in [2.05, 4.69) is 477 Å². The van der Waals surface area contributed by atoms with Gasteiger partial charge in [0.2, 0.25) is 0 Å². The second-order valence-electron chi connectivity index (χ2n) is 57.5. The molecule has 0 aromatic heterocycles. The molecule has 8 aromatic carbocycles. The van der Waals surface area contributed by atoms with Gasteiger partial charge in [-0.1, -0.05) is 589 Å². The van der Waals surface area contributed by atoms with E-state index in [0.29, 0.717) is 0 Å². The molecule has 832 valence electrons. The second-order valence-corrected chi connectivity index (χ2v) is 122. The number of benzene rings is 8. The minimum atomic E-state index is -2.04. The lowest BCUT2D eigenvalue weighted by Crippen LogP contribution is -2.43. The minimum Gasteiger partial charge on any atom is -0.305 e. The van der Waals surface area contributed by atoms with E-state index >= 15 is 0 Å². The minimum absolute atomic E-state index is 1.01. The van der Waals surface area contributed by atoms with Crippen LogP contribution in [-0.2, 0) is 52.4 Å². The highest BCUT2D eigenvalue weighted by atomic mass is 28.4. The summed E-state index contributed by atoms with van der Waals surface area (Å²) in [7, 11) is 12.5. The van der Waals surface area contributed by atoms with Gasteiger partial charge in [0.15, 0.2) is 0 Å². The molecule has 8 rings (SSSR count). The van der Waals surface area contributed by atoms with Gasteiger partial charge in [0.25, 0.3) is 0 Å². The number of nitrogens with zero attached hydrogens (tertiary/aromatic N) is 8. The quantitative estimate of drug-likeness (QED) is 0.0348. The molecule has 0 radical (unpaired) electrons. The summed E-state index contributed by atoms with van der Waals surface area (Å²) in [6, 6.07) is 116. The Morgan fingerprint density at radius 3 is 0.295 bits per heavy atom. The summed E-state index contributed by atoms with van der Waals surface area (Å²) in [6.45, 7) is 63.9. The molecule has 0 amide bonds. The molecule has 0 unspecified atom stereocenters. The molecule has 0 N–H and O–H groups in total. The van der Waals surface area contributed by atoms with E-state index < -0.39 is 105 Å². The first-order valence-electron chi connectivity index (χ1n) is 59.6. The van der Waals surface area contributed by atoms with Crippen LogP contribution in [0.15, 0.2) is 194 Å². The normalized spacial score (nSPS) is 13.6. The van der Waals surface area contributed by atoms with E-state index in [1.165, 1.54) is 242 Å². The highest BCUT2D eigenvalue weighted by molar-refractivity contribution is 6.94. The van der Waals surface area contributed by atoms with Gasteiger partial charge in [0.05, 0.1) is 105 Å². The molecule has 8 aromatic rings. The molecular formula is C128H228N8Si13. The molecule has 0 atom stereocenters. The van der Waals surface area contributed by atoms with Crippen molar-refractivity contribution in [3.8, 4) is 0 Å². The number of rotatable bonds is 72. The molecule has 0 aliphatic rings. The lowest BCUT2D eigenvalue weighted by atomic mass is 10.2. The fraction of sp³-hybridized carbons (Fsp3) is 0.625. The molecule has 0 fully saturated rings. The van der Waals surface area contributed by atoms with Gasteiger partial charge in [-0.15, -0.1) is 0 Å². The SMILES string of the molecule is CN(C)Cc1ccc([Si](C)(C)CCC[Si](C)(CCC[Si](CCC[Si](C)(CCC[Si](C)(C)c2ccc(CN(C)C)cc2)CCC[Si](C)(C)c2ccc(CN(C)C)cc2)(CCC[Si](C)(CCC[Si](C)(C)c2ccc(CN(C)C)cc2)CCC[Si](C)(C)c2ccc(CN(C)C)cc2)CCC[Si](C)(CCC[Si](C)(C)c2ccc(CN(C)C)cc2)CCC[Si](C)(C)c2ccc(CN(C)C)cc2)CCC[Si](C)(C)c2ccc(CN(C)C)cc2)cc1. The predicted molar refractivity (Wildman–Crippen MR) is 711 cm³/mol. The maximum Gasteiger partial charge on any atom is 0.0806 e. The Morgan fingerprint density at radius 2 is 0.208 bits per heavy atom. The van der Waals surface area contributed by atoms with Crippen LogP contribution in [0, 0.1) is 0 Å². The number of hydrogen-bond acceptors (Lipinski definition) is 8. The largest absolute Gasteiger partial charge is 0.305 e. The van der Waals surface area contributed by atoms with Crippen LogP contribution in [0.1, 0.15) is 122 Å². The summed E-state index contributed by atoms with van der Waals surface area (Å²) < 4.78 is 0. The smallest absolute Gasteiger partial charge is 0.0806 e. The Labute approximate surface area is 934 Å². The maximum atomic E-state index is 3.02. The van der Waals surface area contributed by atoms with Crippen molar-refractivity contribution in [2.75, 3.05) is 113 Å². The first kappa shape index (κ1) is 130. The van der Waals surface area contributed by atoms with E-state index in [1.807, 2.05) is 0 Å². The van der Waals surface area contributed by atoms with Gasteiger partial charge in [-0.25, -0.2) is 0 Å². The fourth-order valence-electron chi connectivity index (χ4n) is 26.0. The van der Waals surface area contributed by atoms with E-state index in [0.717, 1.165) is 52.4 Å². The van der Waals surface area contributed by atoms with E-state index in [9.17, 15) is 0 Å². The van der Waals surface area contributed by atoms with Crippen molar-refractivity contribution < 1.29 is 0 Å². The van der Waals surface area contributed by atoms with Gasteiger partial charge < -0.3 is 39.2 Å². The lowest BCUT2D eigenvalue weighted by molar-refractivity contribution is 0.402. The molecule has 0 saturated heterocycles. The molecule has 0 saturated carbocycles. The summed E-state index contributed by atoms with van der Waals surface area (Å²) in [5.74, 6) is 0. The lowest BCUT2D eigenvalue weighted by Gasteiger charge is -2.39. The van der Waals surface area contributed by atoms with Crippen molar-refractivity contribution in [3.05, 3.63) is 239 Å². The molecule has 0 bridgehead atoms. The molecular weight excluding hydrogens is 2010 g/mol. The van der Waals surface area contributed by atoms with Crippen LogP contribution < -0.4 is 41.5 Å². The molecule has 149 heavy (non-hydrogen) atoms. The third-order valence-corrected chi connectivity index (χ3v) is 88.9. The standard InChI is InChI=1S/C128H228N8Si13/c1-129(2)105-113-49-65-121(66-50-113)137(17,18)81-37-89-145(33,90-38-82-138(19,20)122-67-51-114(52-68-122)106-130(3)4)97-45-101-149(102-46-98-146(34,91-39-83-139(21,22)123-69-53-115(54-70-123)107-131(5)6)92-40-84-140(23,24)124-71-55-116(56-72-124)108-132(7)8,103-47-99-147(35,93-41-85-141(25,26)125-73-57-117(58-74-125)109-133(9)10)94-42-86-142(27,28)126-75-59-118(60-76-126)110-134(11)12)104-48-100-148(36,95-43-87-143(29,30)127-77-61-119(62-78-127)111-135(13)14)96-44-88-144(31,32)128-79-63-120(64-80-128)112-136(15)16/h49-80H,37-48,81-112H2,1-36H3.